The lowest BCUT2D eigenvalue weighted by atomic mass is 10.1. The highest BCUT2D eigenvalue weighted by Gasteiger charge is 2.18. The van der Waals surface area contributed by atoms with Crippen LogP contribution in [0.25, 0.3) is 0 Å². The molecule has 0 bridgehead atoms. The number of rotatable bonds is 6. The van der Waals surface area contributed by atoms with Crippen molar-refractivity contribution >= 4 is 47.2 Å². The number of anilines is 1. The standard InChI is InChI=1S/C19H22Cl2N2O.ClH/c1-13(2)23(12-14-7-9-16(20)17(21)11-14)19(24)10-8-15-5-3-4-6-18(15)22;/h3-7,9,11,13H,8,10,12,22H2,1-2H3;1H. The number of halogens is 3. The molecule has 0 aliphatic rings. The van der Waals surface area contributed by atoms with Crippen molar-refractivity contribution in [3.05, 3.63) is 63.6 Å². The fourth-order valence-corrected chi connectivity index (χ4v) is 2.86. The lowest BCUT2D eigenvalue weighted by Gasteiger charge is -2.27. The number of carbonyl (C=O) groups is 1. The second-order valence-corrected chi connectivity index (χ2v) is 6.88. The maximum Gasteiger partial charge on any atom is 0.223 e. The topological polar surface area (TPSA) is 46.3 Å². The van der Waals surface area contributed by atoms with Gasteiger partial charge in [0.15, 0.2) is 0 Å². The summed E-state index contributed by atoms with van der Waals surface area (Å²) in [5.74, 6) is 0.0966. The zero-order valence-corrected chi connectivity index (χ0v) is 16.7. The van der Waals surface area contributed by atoms with E-state index in [9.17, 15) is 4.79 Å². The first-order valence-corrected chi connectivity index (χ1v) is 8.71. The van der Waals surface area contributed by atoms with E-state index in [2.05, 4.69) is 0 Å². The molecular weight excluding hydrogens is 379 g/mol. The predicted molar refractivity (Wildman–Crippen MR) is 109 cm³/mol. The summed E-state index contributed by atoms with van der Waals surface area (Å²) in [5.41, 5.74) is 8.64. The number of para-hydroxylation sites is 1. The molecule has 25 heavy (non-hydrogen) atoms. The number of carbonyl (C=O) groups excluding carboxylic acids is 1. The monoisotopic (exact) mass is 400 g/mol. The van der Waals surface area contributed by atoms with Gasteiger partial charge < -0.3 is 10.6 Å². The number of nitrogens with zero attached hydrogens (tertiary/aromatic N) is 1. The van der Waals surface area contributed by atoms with Crippen LogP contribution >= 0.6 is 35.6 Å². The van der Waals surface area contributed by atoms with Gasteiger partial charge in [-0.3, -0.25) is 4.79 Å². The molecule has 0 spiro atoms. The van der Waals surface area contributed by atoms with Crippen molar-refractivity contribution in [2.24, 2.45) is 0 Å². The number of hydrogen-bond donors (Lipinski definition) is 1. The van der Waals surface area contributed by atoms with Gasteiger partial charge in [0.25, 0.3) is 0 Å². The van der Waals surface area contributed by atoms with E-state index in [0.717, 1.165) is 16.8 Å². The Labute approximate surface area is 165 Å². The van der Waals surface area contributed by atoms with Crippen molar-refractivity contribution in [1.82, 2.24) is 4.90 Å². The molecule has 0 heterocycles. The minimum atomic E-state index is 0. The normalized spacial score (nSPS) is 10.4. The van der Waals surface area contributed by atoms with Crippen LogP contribution in [0.3, 0.4) is 0 Å². The molecule has 2 N–H and O–H groups in total. The van der Waals surface area contributed by atoms with Crippen LogP contribution in [0.2, 0.25) is 10.0 Å². The van der Waals surface area contributed by atoms with Gasteiger partial charge >= 0.3 is 0 Å². The van der Waals surface area contributed by atoms with E-state index in [1.165, 1.54) is 0 Å². The van der Waals surface area contributed by atoms with Crippen molar-refractivity contribution in [1.29, 1.82) is 0 Å². The molecular formula is C19H23Cl3N2O. The first kappa shape index (κ1) is 21.6. The van der Waals surface area contributed by atoms with E-state index in [-0.39, 0.29) is 24.4 Å². The molecule has 2 aromatic rings. The third-order valence-corrected chi connectivity index (χ3v) is 4.68. The highest BCUT2D eigenvalue weighted by Crippen LogP contribution is 2.24. The molecule has 6 heteroatoms. The Balaban J connectivity index is 0.00000312. The number of nitrogen functional groups attached to an aromatic ring is 1. The third-order valence-electron chi connectivity index (χ3n) is 3.94. The minimum Gasteiger partial charge on any atom is -0.399 e. The highest BCUT2D eigenvalue weighted by atomic mass is 35.5. The van der Waals surface area contributed by atoms with Crippen molar-refractivity contribution in [3.63, 3.8) is 0 Å². The van der Waals surface area contributed by atoms with Crippen LogP contribution in [-0.4, -0.2) is 16.8 Å². The van der Waals surface area contributed by atoms with Gasteiger partial charge in [-0.25, -0.2) is 0 Å². The summed E-state index contributed by atoms with van der Waals surface area (Å²) in [7, 11) is 0. The lowest BCUT2D eigenvalue weighted by molar-refractivity contribution is -0.133. The summed E-state index contributed by atoms with van der Waals surface area (Å²) in [5, 5.41) is 1.02. The fourth-order valence-electron chi connectivity index (χ4n) is 2.54. The van der Waals surface area contributed by atoms with Crippen LogP contribution in [0.5, 0.6) is 0 Å². The van der Waals surface area contributed by atoms with E-state index in [0.29, 0.717) is 29.4 Å². The first-order chi connectivity index (χ1) is 11.4. The van der Waals surface area contributed by atoms with Crippen molar-refractivity contribution in [2.75, 3.05) is 5.73 Å². The van der Waals surface area contributed by atoms with Crippen LogP contribution in [0.1, 0.15) is 31.4 Å². The second kappa shape index (κ2) is 9.91. The largest absolute Gasteiger partial charge is 0.399 e. The van der Waals surface area contributed by atoms with E-state index < -0.39 is 0 Å². The Morgan fingerprint density at radius 1 is 1.12 bits per heavy atom. The summed E-state index contributed by atoms with van der Waals surface area (Å²) in [6, 6.07) is 13.2. The van der Waals surface area contributed by atoms with Crippen molar-refractivity contribution < 1.29 is 4.79 Å². The Kier molecular flexibility index (Phi) is 8.57. The van der Waals surface area contributed by atoms with Crippen LogP contribution in [0.15, 0.2) is 42.5 Å². The number of amides is 1. The van der Waals surface area contributed by atoms with E-state index >= 15 is 0 Å². The molecule has 3 nitrogen and oxygen atoms in total. The Morgan fingerprint density at radius 2 is 1.80 bits per heavy atom. The van der Waals surface area contributed by atoms with E-state index in [1.807, 2.05) is 55.1 Å². The van der Waals surface area contributed by atoms with E-state index in [1.54, 1.807) is 6.07 Å². The van der Waals surface area contributed by atoms with Crippen LogP contribution in [0.4, 0.5) is 5.69 Å². The van der Waals surface area contributed by atoms with Gasteiger partial charge in [0.1, 0.15) is 0 Å². The Bertz CT molecular complexity index is 720. The predicted octanol–water partition coefficient (Wildman–Crippen LogP) is 5.37. The smallest absolute Gasteiger partial charge is 0.223 e. The van der Waals surface area contributed by atoms with E-state index in [4.69, 9.17) is 28.9 Å². The third kappa shape index (κ3) is 6.10. The summed E-state index contributed by atoms with van der Waals surface area (Å²) >= 11 is 12.0. The zero-order valence-electron chi connectivity index (χ0n) is 14.3. The van der Waals surface area contributed by atoms with Gasteiger partial charge in [0, 0.05) is 24.7 Å². The summed E-state index contributed by atoms with van der Waals surface area (Å²) in [6.07, 6.45) is 1.06. The first-order valence-electron chi connectivity index (χ1n) is 7.95. The van der Waals surface area contributed by atoms with Crippen LogP contribution < -0.4 is 5.73 Å². The quantitative estimate of drug-likeness (QED) is 0.662. The van der Waals surface area contributed by atoms with Crippen molar-refractivity contribution in [2.45, 2.75) is 39.3 Å². The van der Waals surface area contributed by atoms with Crippen LogP contribution in [0, 0.1) is 0 Å². The lowest BCUT2D eigenvalue weighted by Crippen LogP contribution is -2.36. The molecule has 0 saturated carbocycles. The average Bonchev–Trinajstić information content (AvgIpc) is 2.54. The number of aryl methyl sites for hydroxylation is 1. The Hall–Kier alpha value is -1.42. The maximum absolute atomic E-state index is 12.7. The van der Waals surface area contributed by atoms with Gasteiger partial charge in [0.2, 0.25) is 5.91 Å². The van der Waals surface area contributed by atoms with Gasteiger partial charge in [-0.05, 0) is 49.6 Å². The van der Waals surface area contributed by atoms with Gasteiger partial charge in [-0.1, -0.05) is 47.5 Å². The maximum atomic E-state index is 12.7. The van der Waals surface area contributed by atoms with Gasteiger partial charge in [-0.15, -0.1) is 12.4 Å². The summed E-state index contributed by atoms with van der Waals surface area (Å²) in [6.45, 7) is 4.52. The second-order valence-electron chi connectivity index (χ2n) is 6.06. The molecule has 2 rings (SSSR count). The molecule has 0 aromatic heterocycles. The molecule has 136 valence electrons. The highest BCUT2D eigenvalue weighted by molar-refractivity contribution is 6.42. The molecule has 0 unspecified atom stereocenters. The number of hydrogen-bond acceptors (Lipinski definition) is 2. The number of nitrogens with two attached hydrogens (primary N) is 1. The van der Waals surface area contributed by atoms with Crippen LogP contribution in [-0.2, 0) is 17.8 Å². The number of benzene rings is 2. The summed E-state index contributed by atoms with van der Waals surface area (Å²) in [4.78, 5) is 14.5. The molecule has 0 aliphatic carbocycles. The SMILES string of the molecule is CC(C)N(Cc1ccc(Cl)c(Cl)c1)C(=O)CCc1ccccc1N.Cl. The molecule has 0 saturated heterocycles. The van der Waals surface area contributed by atoms with Gasteiger partial charge in [0.05, 0.1) is 10.0 Å². The molecule has 2 aromatic carbocycles. The summed E-state index contributed by atoms with van der Waals surface area (Å²) < 4.78 is 0. The molecule has 1 amide bonds. The fraction of sp³-hybridized carbons (Fsp3) is 0.316. The van der Waals surface area contributed by atoms with Crippen molar-refractivity contribution in [3.8, 4) is 0 Å². The van der Waals surface area contributed by atoms with Gasteiger partial charge in [-0.2, -0.15) is 0 Å². The average molecular weight is 402 g/mol. The minimum absolute atomic E-state index is 0. The molecule has 0 aliphatic heterocycles. The molecule has 0 atom stereocenters. The molecule has 0 fully saturated rings. The zero-order chi connectivity index (χ0) is 17.7. The molecule has 0 radical (unpaired) electrons. The Morgan fingerprint density at radius 3 is 2.40 bits per heavy atom.